The molecule has 0 unspecified atom stereocenters. The minimum absolute atomic E-state index is 0.928. The molecule has 0 spiro atoms. The third-order valence-corrected chi connectivity index (χ3v) is 8.17. The maximum Gasteiger partial charge on any atom is 0.0966 e. The molecule has 0 N–H and O–H groups in total. The minimum Gasteiger partial charge on any atom is -0.317 e. The van der Waals surface area contributed by atoms with Gasteiger partial charge in [-0.3, -0.25) is 9.97 Å². The van der Waals surface area contributed by atoms with Crippen LogP contribution in [0.3, 0.4) is 0 Å². The van der Waals surface area contributed by atoms with Crippen molar-refractivity contribution in [1.82, 2.24) is 14.5 Å². The number of hydrogen-bond acceptors (Lipinski definition) is 3. The summed E-state index contributed by atoms with van der Waals surface area (Å²) < 4.78 is 2.36. The van der Waals surface area contributed by atoms with Gasteiger partial charge in [-0.2, -0.15) is 0 Å². The maximum atomic E-state index is 4.95. The van der Waals surface area contributed by atoms with Crippen molar-refractivity contribution >= 4 is 71.8 Å². The molecule has 0 radical (unpaired) electrons. The molecule has 0 bridgehead atoms. The lowest BCUT2D eigenvalue weighted by Gasteiger charge is -2.27. The number of aromatic nitrogens is 3. The smallest absolute Gasteiger partial charge is 0.0966 e. The number of anilines is 2. The van der Waals surface area contributed by atoms with E-state index in [1.807, 2.05) is 18.5 Å². The zero-order chi connectivity index (χ0) is 26.2. The number of nitrogens with zero attached hydrogens (tertiary/aromatic N) is 4. The maximum absolute atomic E-state index is 4.95. The average Bonchev–Trinajstić information content (AvgIpc) is 3.35. The fraction of sp³-hybridized carbons (Fsp3) is 0. The van der Waals surface area contributed by atoms with Gasteiger partial charge in [0.15, 0.2) is 0 Å². The van der Waals surface area contributed by atoms with E-state index in [1.54, 1.807) is 0 Å². The summed E-state index contributed by atoms with van der Waals surface area (Å²) in [5.74, 6) is 0. The van der Waals surface area contributed by atoms with E-state index in [0.29, 0.717) is 0 Å². The summed E-state index contributed by atoms with van der Waals surface area (Å²) in [6.45, 7) is 0. The van der Waals surface area contributed by atoms with Gasteiger partial charge in [0, 0.05) is 45.0 Å². The highest BCUT2D eigenvalue weighted by molar-refractivity contribution is 6.22. The SMILES string of the molecule is C1=CN(c2ccccc2)c2cccc3cc4c(c1c23)c1ccccc1n4-c1cnc2c(ccc3cccnc32)c1. The van der Waals surface area contributed by atoms with Gasteiger partial charge < -0.3 is 9.47 Å². The standard InChI is InChI=1S/C36H22N4/c1-2-10-26(11-3-1)39-19-17-29-33-24(8-6-14-31(33)39)21-32-34(29)28-12-4-5-13-30(28)40(32)27-20-25-16-15-23-9-7-18-37-35(23)36(25)38-22-27/h1-22H. The van der Waals surface area contributed by atoms with Gasteiger partial charge in [0.05, 0.1) is 39.6 Å². The van der Waals surface area contributed by atoms with Crippen molar-refractivity contribution in [3.63, 3.8) is 0 Å². The van der Waals surface area contributed by atoms with Crippen molar-refractivity contribution in [3.05, 3.63) is 133 Å². The van der Waals surface area contributed by atoms with Gasteiger partial charge in [0.25, 0.3) is 0 Å². The molecule has 3 aromatic heterocycles. The summed E-state index contributed by atoms with van der Waals surface area (Å²) in [7, 11) is 0. The van der Waals surface area contributed by atoms with Gasteiger partial charge in [0.1, 0.15) is 0 Å². The highest BCUT2D eigenvalue weighted by atomic mass is 15.1. The number of para-hydroxylation sites is 2. The first-order valence-corrected chi connectivity index (χ1v) is 13.5. The summed E-state index contributed by atoms with van der Waals surface area (Å²) in [5.41, 5.74) is 8.87. The van der Waals surface area contributed by atoms with Gasteiger partial charge in [-0.1, -0.05) is 66.7 Å². The van der Waals surface area contributed by atoms with E-state index in [0.717, 1.165) is 33.2 Å². The lowest BCUT2D eigenvalue weighted by Crippen LogP contribution is -2.11. The zero-order valence-corrected chi connectivity index (χ0v) is 21.5. The van der Waals surface area contributed by atoms with Crippen molar-refractivity contribution < 1.29 is 0 Å². The first kappa shape index (κ1) is 21.5. The second-order valence-electron chi connectivity index (χ2n) is 10.3. The van der Waals surface area contributed by atoms with Crippen LogP contribution in [0.1, 0.15) is 5.56 Å². The molecule has 5 aromatic carbocycles. The number of fused-ring (bicyclic) bond motifs is 7. The zero-order valence-electron chi connectivity index (χ0n) is 21.5. The van der Waals surface area contributed by atoms with E-state index in [1.165, 1.54) is 43.8 Å². The third kappa shape index (κ3) is 2.90. The van der Waals surface area contributed by atoms with Gasteiger partial charge >= 0.3 is 0 Å². The third-order valence-electron chi connectivity index (χ3n) is 8.17. The van der Waals surface area contributed by atoms with Crippen LogP contribution < -0.4 is 4.90 Å². The van der Waals surface area contributed by atoms with Gasteiger partial charge in [-0.15, -0.1) is 0 Å². The molecule has 0 aliphatic carbocycles. The Morgan fingerprint density at radius 3 is 2.33 bits per heavy atom. The van der Waals surface area contributed by atoms with Crippen LogP contribution in [0.25, 0.3) is 66.1 Å². The highest BCUT2D eigenvalue weighted by Crippen LogP contribution is 2.45. The monoisotopic (exact) mass is 510 g/mol. The molecular formula is C36H22N4. The summed E-state index contributed by atoms with van der Waals surface area (Å²) >= 11 is 0. The first-order chi connectivity index (χ1) is 19.8. The Hall–Kier alpha value is -5.48. The van der Waals surface area contributed by atoms with Crippen LogP contribution in [0, 0.1) is 0 Å². The molecule has 4 heteroatoms. The topological polar surface area (TPSA) is 34.0 Å². The van der Waals surface area contributed by atoms with Crippen molar-refractivity contribution in [2.24, 2.45) is 0 Å². The Bertz CT molecular complexity index is 2330. The van der Waals surface area contributed by atoms with Crippen LogP contribution in [-0.4, -0.2) is 14.5 Å². The van der Waals surface area contributed by atoms with E-state index >= 15 is 0 Å². The molecule has 4 nitrogen and oxygen atoms in total. The molecular weight excluding hydrogens is 488 g/mol. The van der Waals surface area contributed by atoms with Crippen molar-refractivity contribution in [1.29, 1.82) is 0 Å². The lowest BCUT2D eigenvalue weighted by atomic mass is 9.94. The molecule has 0 saturated carbocycles. The van der Waals surface area contributed by atoms with Crippen LogP contribution in [0.5, 0.6) is 0 Å². The largest absolute Gasteiger partial charge is 0.317 e. The molecule has 9 rings (SSSR count). The Morgan fingerprint density at radius 1 is 0.550 bits per heavy atom. The van der Waals surface area contributed by atoms with E-state index in [-0.39, 0.29) is 0 Å². The molecule has 1 aliphatic rings. The predicted molar refractivity (Wildman–Crippen MR) is 167 cm³/mol. The fourth-order valence-corrected chi connectivity index (χ4v) is 6.46. The molecule has 1 aliphatic heterocycles. The van der Waals surface area contributed by atoms with Gasteiger partial charge in [0.2, 0.25) is 0 Å². The van der Waals surface area contributed by atoms with Crippen LogP contribution in [-0.2, 0) is 0 Å². The predicted octanol–water partition coefficient (Wildman–Crippen LogP) is 9.16. The Labute approximate surface area is 230 Å². The first-order valence-electron chi connectivity index (χ1n) is 13.5. The molecule has 186 valence electrons. The quantitative estimate of drug-likeness (QED) is 0.217. The number of rotatable bonds is 2. The van der Waals surface area contributed by atoms with Crippen molar-refractivity contribution in [3.8, 4) is 5.69 Å². The summed E-state index contributed by atoms with van der Waals surface area (Å²) in [6, 6.07) is 38.8. The molecule has 0 amide bonds. The fourth-order valence-electron chi connectivity index (χ4n) is 6.46. The molecule has 0 atom stereocenters. The average molecular weight is 511 g/mol. The molecule has 40 heavy (non-hydrogen) atoms. The van der Waals surface area contributed by atoms with Crippen LogP contribution >= 0.6 is 0 Å². The number of hydrogen-bond donors (Lipinski definition) is 0. The minimum atomic E-state index is 0.928. The normalized spacial score (nSPS) is 12.8. The molecule has 8 aromatic rings. The number of benzene rings is 5. The van der Waals surface area contributed by atoms with E-state index in [9.17, 15) is 0 Å². The van der Waals surface area contributed by atoms with Crippen molar-refractivity contribution in [2.45, 2.75) is 0 Å². The van der Waals surface area contributed by atoms with Crippen LogP contribution in [0.15, 0.2) is 128 Å². The second kappa shape index (κ2) is 8.01. The molecule has 0 saturated heterocycles. The highest BCUT2D eigenvalue weighted by Gasteiger charge is 2.23. The van der Waals surface area contributed by atoms with E-state index in [4.69, 9.17) is 4.98 Å². The second-order valence-corrected chi connectivity index (χ2v) is 10.3. The van der Waals surface area contributed by atoms with Gasteiger partial charge in [-0.05, 0) is 59.5 Å². The summed E-state index contributed by atoms with van der Waals surface area (Å²) in [6.07, 6.45) is 8.30. The number of pyridine rings is 2. The summed E-state index contributed by atoms with van der Waals surface area (Å²) in [4.78, 5) is 11.9. The van der Waals surface area contributed by atoms with E-state index < -0.39 is 0 Å². The van der Waals surface area contributed by atoms with Crippen LogP contribution in [0.2, 0.25) is 0 Å². The Balaban J connectivity index is 1.36. The van der Waals surface area contributed by atoms with Gasteiger partial charge in [-0.25, -0.2) is 0 Å². The molecule has 4 heterocycles. The van der Waals surface area contributed by atoms with Crippen molar-refractivity contribution in [2.75, 3.05) is 4.90 Å². The van der Waals surface area contributed by atoms with Crippen LogP contribution in [0.4, 0.5) is 11.4 Å². The lowest BCUT2D eigenvalue weighted by molar-refractivity contribution is 1.16. The Kier molecular flexibility index (Phi) is 4.30. The summed E-state index contributed by atoms with van der Waals surface area (Å²) in [5, 5.41) is 7.18. The van der Waals surface area contributed by atoms with E-state index in [2.05, 4.69) is 130 Å². The Morgan fingerprint density at radius 2 is 1.38 bits per heavy atom. The molecule has 0 fully saturated rings.